The summed E-state index contributed by atoms with van der Waals surface area (Å²) in [5.74, 6) is 0. The lowest BCUT2D eigenvalue weighted by Crippen LogP contribution is -2.19. The van der Waals surface area contributed by atoms with Gasteiger partial charge in [-0.1, -0.05) is 11.6 Å². The van der Waals surface area contributed by atoms with Crippen LogP contribution in [0.5, 0.6) is 0 Å². The van der Waals surface area contributed by atoms with Crippen LogP contribution >= 0.6 is 23.2 Å². The van der Waals surface area contributed by atoms with E-state index in [1.165, 1.54) is 0 Å². The number of benzene rings is 1. The fourth-order valence-electron chi connectivity index (χ4n) is 2.06. The third-order valence-corrected chi connectivity index (χ3v) is 3.47. The van der Waals surface area contributed by atoms with Gasteiger partial charge in [0.25, 0.3) is 0 Å². The Balaban J connectivity index is 2.60. The van der Waals surface area contributed by atoms with Crippen LogP contribution in [0.15, 0.2) is 16.9 Å². The van der Waals surface area contributed by atoms with Gasteiger partial charge in [0.05, 0.1) is 16.6 Å². The van der Waals surface area contributed by atoms with E-state index >= 15 is 0 Å². The molecule has 2 heterocycles. The highest BCUT2D eigenvalue weighted by atomic mass is 35.5. The number of halogens is 2. The average Bonchev–Trinajstić information content (AvgIpc) is 2.53. The molecule has 18 heavy (non-hydrogen) atoms. The van der Waals surface area contributed by atoms with E-state index in [0.717, 1.165) is 11.0 Å². The Kier molecular flexibility index (Phi) is 2.36. The number of nitrogens with zero attached hydrogens (tertiary/aromatic N) is 4. The van der Waals surface area contributed by atoms with Gasteiger partial charge < -0.3 is 0 Å². The Morgan fingerprint density at radius 1 is 1.06 bits per heavy atom. The van der Waals surface area contributed by atoms with Crippen LogP contribution in [-0.2, 0) is 14.1 Å². The largest absolute Gasteiger partial charge is 0.328 e. The molecule has 0 N–H and O–H groups in total. The summed E-state index contributed by atoms with van der Waals surface area (Å²) in [6.07, 6.45) is 0. The van der Waals surface area contributed by atoms with Crippen molar-refractivity contribution in [2.45, 2.75) is 0 Å². The molecule has 0 bridgehead atoms. The van der Waals surface area contributed by atoms with Crippen LogP contribution in [-0.4, -0.2) is 19.1 Å². The molecule has 5 nitrogen and oxygen atoms in total. The van der Waals surface area contributed by atoms with Crippen LogP contribution in [0, 0.1) is 0 Å². The molecule has 3 aromatic rings. The predicted octanol–water partition coefficient (Wildman–Crippen LogP) is 2.13. The fourth-order valence-corrected chi connectivity index (χ4v) is 2.51. The number of aryl methyl sites for hydroxylation is 2. The molecular formula is C11H8Cl2N4O. The Morgan fingerprint density at radius 3 is 2.33 bits per heavy atom. The number of hydrogen-bond donors (Lipinski definition) is 0. The second-order valence-electron chi connectivity index (χ2n) is 4.04. The minimum atomic E-state index is -0.101. The SMILES string of the molecule is Cn1c(=O)n(C)c2cc3c(Cl)nc(Cl)nc3cc21. The lowest BCUT2D eigenvalue weighted by atomic mass is 10.2. The second kappa shape index (κ2) is 3.70. The van der Waals surface area contributed by atoms with Gasteiger partial charge in [-0.05, 0) is 23.7 Å². The van der Waals surface area contributed by atoms with E-state index in [2.05, 4.69) is 9.97 Å². The van der Waals surface area contributed by atoms with Gasteiger partial charge in [0, 0.05) is 19.5 Å². The molecule has 0 spiro atoms. The van der Waals surface area contributed by atoms with Crippen molar-refractivity contribution in [2.75, 3.05) is 0 Å². The van der Waals surface area contributed by atoms with E-state index in [-0.39, 0.29) is 16.1 Å². The Labute approximate surface area is 112 Å². The zero-order valence-electron chi connectivity index (χ0n) is 9.61. The van der Waals surface area contributed by atoms with E-state index in [0.29, 0.717) is 10.9 Å². The summed E-state index contributed by atoms with van der Waals surface area (Å²) in [5.41, 5.74) is 2.08. The van der Waals surface area contributed by atoms with E-state index in [4.69, 9.17) is 23.2 Å². The zero-order valence-corrected chi connectivity index (χ0v) is 11.1. The summed E-state index contributed by atoms with van der Waals surface area (Å²) >= 11 is 11.8. The zero-order chi connectivity index (χ0) is 13.0. The third-order valence-electron chi connectivity index (χ3n) is 3.01. The summed E-state index contributed by atoms with van der Waals surface area (Å²) in [5, 5.41) is 1.05. The standard InChI is InChI=1S/C11H8Cl2N4O/c1-16-7-3-5-6(14-10(13)15-9(5)12)4-8(7)17(2)11(16)18/h3-4H,1-2H3. The van der Waals surface area contributed by atoms with Crippen molar-refractivity contribution in [3.8, 4) is 0 Å². The van der Waals surface area contributed by atoms with Crippen molar-refractivity contribution in [3.63, 3.8) is 0 Å². The molecule has 2 aromatic heterocycles. The molecule has 3 rings (SSSR count). The summed E-state index contributed by atoms with van der Waals surface area (Å²) in [6.45, 7) is 0. The lowest BCUT2D eigenvalue weighted by Gasteiger charge is -2.02. The van der Waals surface area contributed by atoms with Crippen molar-refractivity contribution >= 4 is 45.1 Å². The highest BCUT2D eigenvalue weighted by Gasteiger charge is 2.12. The normalized spacial score (nSPS) is 11.6. The highest BCUT2D eigenvalue weighted by molar-refractivity contribution is 6.36. The van der Waals surface area contributed by atoms with Crippen molar-refractivity contribution in [3.05, 3.63) is 33.1 Å². The number of fused-ring (bicyclic) bond motifs is 2. The molecule has 0 saturated heterocycles. The van der Waals surface area contributed by atoms with E-state index in [1.807, 2.05) is 0 Å². The maximum atomic E-state index is 11.8. The van der Waals surface area contributed by atoms with Crippen LogP contribution in [0.1, 0.15) is 0 Å². The quantitative estimate of drug-likeness (QED) is 0.469. The summed E-state index contributed by atoms with van der Waals surface area (Å²) in [7, 11) is 3.42. The first-order valence-electron chi connectivity index (χ1n) is 5.17. The minimum Gasteiger partial charge on any atom is -0.295 e. The molecule has 0 aliphatic heterocycles. The lowest BCUT2D eigenvalue weighted by molar-refractivity contribution is 0.795. The molecule has 0 atom stereocenters. The first-order valence-corrected chi connectivity index (χ1v) is 5.93. The van der Waals surface area contributed by atoms with Crippen LogP contribution in [0.4, 0.5) is 0 Å². The molecule has 0 radical (unpaired) electrons. The molecule has 0 unspecified atom stereocenters. The van der Waals surface area contributed by atoms with E-state index in [1.54, 1.807) is 35.4 Å². The Hall–Kier alpha value is -1.59. The van der Waals surface area contributed by atoms with Crippen LogP contribution < -0.4 is 5.69 Å². The smallest absolute Gasteiger partial charge is 0.295 e. The van der Waals surface area contributed by atoms with Gasteiger partial charge in [0.1, 0.15) is 5.15 Å². The number of rotatable bonds is 0. The number of imidazole rings is 1. The monoisotopic (exact) mass is 282 g/mol. The van der Waals surface area contributed by atoms with Gasteiger partial charge in [-0.3, -0.25) is 9.13 Å². The highest BCUT2D eigenvalue weighted by Crippen LogP contribution is 2.26. The predicted molar refractivity (Wildman–Crippen MR) is 71.3 cm³/mol. The average molecular weight is 283 g/mol. The number of aromatic nitrogens is 4. The Bertz CT molecular complexity index is 850. The molecule has 1 aromatic carbocycles. The minimum absolute atomic E-state index is 0.0905. The van der Waals surface area contributed by atoms with Crippen molar-refractivity contribution in [1.82, 2.24) is 19.1 Å². The molecule has 0 fully saturated rings. The summed E-state index contributed by atoms with van der Waals surface area (Å²) in [6, 6.07) is 3.58. The van der Waals surface area contributed by atoms with Crippen molar-refractivity contribution in [1.29, 1.82) is 0 Å². The van der Waals surface area contributed by atoms with Gasteiger partial charge in [-0.2, -0.15) is 0 Å². The second-order valence-corrected chi connectivity index (χ2v) is 4.74. The van der Waals surface area contributed by atoms with Gasteiger partial charge in [-0.25, -0.2) is 14.8 Å². The Morgan fingerprint density at radius 2 is 1.67 bits per heavy atom. The first kappa shape index (κ1) is 11.5. The topological polar surface area (TPSA) is 52.7 Å². The maximum Gasteiger partial charge on any atom is 0.328 e. The first-order chi connectivity index (χ1) is 8.49. The number of hydrogen-bond acceptors (Lipinski definition) is 3. The fraction of sp³-hybridized carbons (Fsp3) is 0.182. The molecule has 0 amide bonds. The molecule has 0 aliphatic rings. The molecule has 0 aliphatic carbocycles. The molecule has 0 saturated carbocycles. The van der Waals surface area contributed by atoms with E-state index < -0.39 is 0 Å². The van der Waals surface area contributed by atoms with Gasteiger partial charge in [0.2, 0.25) is 5.28 Å². The van der Waals surface area contributed by atoms with Crippen LogP contribution in [0.25, 0.3) is 21.9 Å². The molecular weight excluding hydrogens is 275 g/mol. The molecule has 92 valence electrons. The van der Waals surface area contributed by atoms with Crippen LogP contribution in [0.3, 0.4) is 0 Å². The van der Waals surface area contributed by atoms with Crippen molar-refractivity contribution < 1.29 is 0 Å². The maximum absolute atomic E-state index is 11.8. The van der Waals surface area contributed by atoms with Gasteiger partial charge >= 0.3 is 5.69 Å². The van der Waals surface area contributed by atoms with Crippen molar-refractivity contribution in [2.24, 2.45) is 14.1 Å². The summed E-state index contributed by atoms with van der Waals surface area (Å²) in [4.78, 5) is 19.9. The van der Waals surface area contributed by atoms with Gasteiger partial charge in [-0.15, -0.1) is 0 Å². The summed E-state index contributed by atoms with van der Waals surface area (Å²) < 4.78 is 3.11. The third kappa shape index (κ3) is 1.44. The molecule has 7 heteroatoms. The van der Waals surface area contributed by atoms with Gasteiger partial charge in [0.15, 0.2) is 0 Å². The van der Waals surface area contributed by atoms with E-state index in [9.17, 15) is 4.79 Å². The van der Waals surface area contributed by atoms with Crippen LogP contribution in [0.2, 0.25) is 10.4 Å².